The topological polar surface area (TPSA) is 76.2 Å². The van der Waals surface area contributed by atoms with Crippen LogP contribution >= 0.6 is 0 Å². The Morgan fingerprint density at radius 3 is 2.90 bits per heavy atom. The summed E-state index contributed by atoms with van der Waals surface area (Å²) >= 11 is 0. The summed E-state index contributed by atoms with van der Waals surface area (Å²) in [6, 6.07) is 11.7. The summed E-state index contributed by atoms with van der Waals surface area (Å²) in [6.45, 7) is 5.39. The quantitative estimate of drug-likeness (QED) is 0.536. The normalized spacial score (nSPS) is 16.3. The number of nitrogens with zero attached hydrogens (tertiary/aromatic N) is 4. The van der Waals surface area contributed by atoms with Crippen molar-refractivity contribution in [2.45, 2.75) is 26.3 Å². The third-order valence-electron chi connectivity index (χ3n) is 5.80. The number of anilines is 1. The van der Waals surface area contributed by atoms with Crippen LogP contribution in [-0.4, -0.2) is 38.6 Å². The van der Waals surface area contributed by atoms with Crippen molar-refractivity contribution in [2.75, 3.05) is 18.4 Å². The maximum atomic E-state index is 12.9. The molecule has 152 valence electrons. The van der Waals surface area contributed by atoms with Crippen molar-refractivity contribution in [2.24, 2.45) is 0 Å². The first kappa shape index (κ1) is 18.4. The number of carbonyl (C=O) groups excluding carboxylic acids is 1. The predicted molar refractivity (Wildman–Crippen MR) is 115 cm³/mol. The lowest BCUT2D eigenvalue weighted by molar-refractivity contribution is 0.221. The Bertz CT molecular complexity index is 1210. The number of aromatic nitrogens is 3. The van der Waals surface area contributed by atoms with Gasteiger partial charge < -0.3 is 19.2 Å². The number of hydrogen-bond acceptors (Lipinski definition) is 4. The molecule has 1 aliphatic heterocycles. The molecule has 2 amide bonds. The van der Waals surface area contributed by atoms with E-state index in [4.69, 9.17) is 9.40 Å². The van der Waals surface area contributed by atoms with E-state index in [-0.39, 0.29) is 12.1 Å². The third-order valence-corrected chi connectivity index (χ3v) is 5.80. The van der Waals surface area contributed by atoms with Crippen LogP contribution in [0.1, 0.15) is 23.6 Å². The second-order valence-electron chi connectivity index (χ2n) is 7.78. The van der Waals surface area contributed by atoms with Gasteiger partial charge in [0.15, 0.2) is 5.65 Å². The monoisotopic (exact) mass is 401 g/mol. The van der Waals surface area contributed by atoms with E-state index in [0.717, 1.165) is 40.2 Å². The second kappa shape index (κ2) is 7.33. The van der Waals surface area contributed by atoms with E-state index >= 15 is 0 Å². The van der Waals surface area contributed by atoms with Gasteiger partial charge in [-0.25, -0.2) is 14.8 Å². The van der Waals surface area contributed by atoms with Crippen LogP contribution in [0.2, 0.25) is 0 Å². The third kappa shape index (κ3) is 3.22. The lowest BCUT2D eigenvalue weighted by atomic mass is 10.1. The zero-order valence-corrected chi connectivity index (χ0v) is 17.0. The Morgan fingerprint density at radius 2 is 2.10 bits per heavy atom. The molecule has 1 aromatic carbocycles. The Morgan fingerprint density at radius 1 is 1.20 bits per heavy atom. The van der Waals surface area contributed by atoms with Crippen LogP contribution in [0.5, 0.6) is 0 Å². The van der Waals surface area contributed by atoms with Crippen molar-refractivity contribution in [1.82, 2.24) is 19.4 Å². The second-order valence-corrected chi connectivity index (χ2v) is 7.78. The van der Waals surface area contributed by atoms with Crippen LogP contribution in [0.3, 0.4) is 0 Å². The molecule has 1 saturated heterocycles. The van der Waals surface area contributed by atoms with Gasteiger partial charge in [0, 0.05) is 25.0 Å². The van der Waals surface area contributed by atoms with E-state index < -0.39 is 0 Å². The Hall–Kier alpha value is -3.61. The molecule has 4 aromatic rings. The number of furan rings is 1. The average molecular weight is 401 g/mol. The van der Waals surface area contributed by atoms with Gasteiger partial charge in [0.25, 0.3) is 0 Å². The van der Waals surface area contributed by atoms with E-state index in [0.29, 0.717) is 13.1 Å². The zero-order valence-electron chi connectivity index (χ0n) is 17.0. The largest absolute Gasteiger partial charge is 0.472 e. The maximum absolute atomic E-state index is 12.9. The summed E-state index contributed by atoms with van der Waals surface area (Å²) in [4.78, 5) is 24.1. The van der Waals surface area contributed by atoms with E-state index in [2.05, 4.69) is 21.8 Å². The number of hydrogen-bond donors (Lipinski definition) is 1. The molecular weight excluding hydrogens is 378 g/mol. The summed E-state index contributed by atoms with van der Waals surface area (Å²) in [5.74, 6) is 0.818. The molecule has 3 aromatic heterocycles. The molecule has 0 bridgehead atoms. The molecule has 1 aliphatic rings. The minimum atomic E-state index is -0.0806. The molecule has 1 atom stereocenters. The number of fused-ring (bicyclic) bond motifs is 1. The standard InChI is InChI=1S/C23H23N5O2/c1-15-5-6-18(12-16(15)2)25-23(29)27-10-7-19(13-27)28-21(17-8-11-30-14-17)26-20-4-3-9-24-22(20)28/h3-6,8-9,11-12,14,19H,7,10,13H2,1-2H3,(H,25,29)/t19-/m0/s1. The van der Waals surface area contributed by atoms with Crippen molar-refractivity contribution in [3.8, 4) is 11.4 Å². The van der Waals surface area contributed by atoms with Gasteiger partial charge in [-0.2, -0.15) is 0 Å². The molecule has 0 aliphatic carbocycles. The van der Waals surface area contributed by atoms with Gasteiger partial charge in [0.2, 0.25) is 0 Å². The molecule has 0 radical (unpaired) electrons. The molecule has 0 saturated carbocycles. The van der Waals surface area contributed by atoms with Crippen molar-refractivity contribution < 1.29 is 9.21 Å². The molecule has 30 heavy (non-hydrogen) atoms. The highest BCUT2D eigenvalue weighted by molar-refractivity contribution is 5.89. The molecule has 1 N–H and O–H groups in total. The summed E-state index contributed by atoms with van der Waals surface area (Å²) in [5, 5.41) is 3.03. The van der Waals surface area contributed by atoms with Gasteiger partial charge >= 0.3 is 6.03 Å². The lowest BCUT2D eigenvalue weighted by Crippen LogP contribution is -2.33. The number of rotatable bonds is 3. The number of carbonyl (C=O) groups is 1. The van der Waals surface area contributed by atoms with E-state index in [1.807, 2.05) is 48.2 Å². The number of amides is 2. The highest BCUT2D eigenvalue weighted by Gasteiger charge is 2.31. The first-order chi connectivity index (χ1) is 14.6. The van der Waals surface area contributed by atoms with E-state index in [1.165, 1.54) is 5.56 Å². The predicted octanol–water partition coefficient (Wildman–Crippen LogP) is 4.79. The van der Waals surface area contributed by atoms with Crippen LogP contribution in [0.4, 0.5) is 10.5 Å². The number of pyridine rings is 1. The van der Waals surface area contributed by atoms with E-state index in [1.54, 1.807) is 18.7 Å². The van der Waals surface area contributed by atoms with Crippen molar-refractivity contribution in [1.29, 1.82) is 0 Å². The number of aryl methyl sites for hydroxylation is 2. The Balaban J connectivity index is 1.40. The van der Waals surface area contributed by atoms with Gasteiger partial charge in [-0.3, -0.25) is 0 Å². The Labute approximate surface area is 174 Å². The minimum absolute atomic E-state index is 0.0806. The molecule has 7 heteroatoms. The first-order valence-corrected chi connectivity index (χ1v) is 10.1. The molecule has 0 unspecified atom stereocenters. The van der Waals surface area contributed by atoms with Crippen LogP contribution in [0, 0.1) is 13.8 Å². The van der Waals surface area contributed by atoms with Crippen LogP contribution < -0.4 is 5.32 Å². The summed E-state index contributed by atoms with van der Waals surface area (Å²) < 4.78 is 7.42. The van der Waals surface area contributed by atoms with Crippen molar-refractivity contribution in [3.05, 3.63) is 66.2 Å². The molecule has 7 nitrogen and oxygen atoms in total. The van der Waals surface area contributed by atoms with Crippen molar-refractivity contribution >= 4 is 22.9 Å². The van der Waals surface area contributed by atoms with E-state index in [9.17, 15) is 4.79 Å². The lowest BCUT2D eigenvalue weighted by Gasteiger charge is -2.19. The van der Waals surface area contributed by atoms with Gasteiger partial charge in [-0.15, -0.1) is 0 Å². The fourth-order valence-electron chi connectivity index (χ4n) is 4.03. The maximum Gasteiger partial charge on any atom is 0.321 e. The van der Waals surface area contributed by atoms with Gasteiger partial charge in [-0.05, 0) is 61.7 Å². The average Bonchev–Trinajstić information content (AvgIpc) is 3.49. The molecule has 5 rings (SSSR count). The fraction of sp³-hybridized carbons (Fsp3) is 0.261. The Kier molecular flexibility index (Phi) is 4.50. The van der Waals surface area contributed by atoms with Gasteiger partial charge in [0.05, 0.1) is 17.9 Å². The fourth-order valence-corrected chi connectivity index (χ4v) is 4.03. The minimum Gasteiger partial charge on any atom is -0.472 e. The molecule has 4 heterocycles. The highest BCUT2D eigenvalue weighted by Crippen LogP contribution is 2.32. The number of urea groups is 1. The van der Waals surface area contributed by atoms with Crippen LogP contribution in [-0.2, 0) is 0 Å². The zero-order chi connectivity index (χ0) is 20.7. The number of benzene rings is 1. The van der Waals surface area contributed by atoms with Crippen LogP contribution in [0.15, 0.2) is 59.5 Å². The van der Waals surface area contributed by atoms with Crippen molar-refractivity contribution in [3.63, 3.8) is 0 Å². The number of likely N-dealkylation sites (tertiary alicyclic amines) is 1. The SMILES string of the molecule is Cc1ccc(NC(=O)N2CC[C@H](n3c(-c4ccoc4)nc4cccnc43)C2)cc1C. The number of imidazole rings is 1. The molecular formula is C23H23N5O2. The van der Waals surface area contributed by atoms with Crippen LogP contribution in [0.25, 0.3) is 22.6 Å². The van der Waals surface area contributed by atoms with Gasteiger partial charge in [-0.1, -0.05) is 6.07 Å². The first-order valence-electron chi connectivity index (χ1n) is 10.1. The highest BCUT2D eigenvalue weighted by atomic mass is 16.3. The van der Waals surface area contributed by atoms with Gasteiger partial charge in [0.1, 0.15) is 17.6 Å². The summed E-state index contributed by atoms with van der Waals surface area (Å²) in [7, 11) is 0. The summed E-state index contributed by atoms with van der Waals surface area (Å²) in [5.41, 5.74) is 5.77. The molecule has 0 spiro atoms. The number of nitrogens with one attached hydrogen (secondary N) is 1. The summed E-state index contributed by atoms with van der Waals surface area (Å²) in [6.07, 6.45) is 5.95. The molecule has 1 fully saturated rings. The smallest absolute Gasteiger partial charge is 0.321 e.